The van der Waals surface area contributed by atoms with Crippen molar-refractivity contribution >= 4 is 29.4 Å². The van der Waals surface area contributed by atoms with E-state index in [1.54, 1.807) is 7.05 Å². The summed E-state index contributed by atoms with van der Waals surface area (Å²) in [5.74, 6) is -0.982. The highest BCUT2D eigenvalue weighted by molar-refractivity contribution is 7.11. The number of carboxylic acid groups (broad SMARTS) is 1. The van der Waals surface area contributed by atoms with Gasteiger partial charge in [-0.25, -0.2) is 9.59 Å². The molecule has 0 aliphatic carbocycles. The Labute approximate surface area is 96.8 Å². The Morgan fingerprint density at radius 3 is 2.88 bits per heavy atom. The first-order chi connectivity index (χ1) is 7.49. The Balaban J connectivity index is 2.65. The minimum Gasteiger partial charge on any atom is -0.478 e. The molecule has 0 bridgehead atoms. The number of amides is 2. The molecule has 0 radical (unpaired) electrons. The summed E-state index contributed by atoms with van der Waals surface area (Å²) in [5.41, 5.74) is 6.01. The monoisotopic (exact) mass is 240 g/mol. The first-order valence-electron chi connectivity index (χ1n) is 4.48. The molecule has 6 heteroatoms. The normalized spacial score (nSPS) is 10.6. The molecule has 3 N–H and O–H groups in total. The fourth-order valence-electron chi connectivity index (χ4n) is 1.07. The lowest BCUT2D eigenvalue weighted by Gasteiger charge is -2.12. The average Bonchev–Trinajstić information content (AvgIpc) is 2.62. The minimum atomic E-state index is -0.982. The third-order valence-corrected chi connectivity index (χ3v) is 2.81. The van der Waals surface area contributed by atoms with Crippen molar-refractivity contribution in [1.29, 1.82) is 0 Å². The predicted octanol–water partition coefficient (Wildman–Crippen LogP) is 1.36. The van der Waals surface area contributed by atoms with Crippen molar-refractivity contribution in [3.05, 3.63) is 28.0 Å². The third-order valence-electron chi connectivity index (χ3n) is 1.86. The summed E-state index contributed by atoms with van der Waals surface area (Å²) in [7, 11) is 1.60. The highest BCUT2D eigenvalue weighted by Crippen LogP contribution is 2.17. The van der Waals surface area contributed by atoms with Gasteiger partial charge >= 0.3 is 12.0 Å². The fraction of sp³-hybridized carbons (Fsp3) is 0.200. The van der Waals surface area contributed by atoms with E-state index in [2.05, 4.69) is 0 Å². The molecular formula is C10H12N2O3S. The van der Waals surface area contributed by atoms with Crippen LogP contribution in [0.25, 0.3) is 6.08 Å². The number of rotatable bonds is 4. The van der Waals surface area contributed by atoms with Gasteiger partial charge < -0.3 is 15.7 Å². The van der Waals surface area contributed by atoms with E-state index in [-0.39, 0.29) is 0 Å². The zero-order valence-electron chi connectivity index (χ0n) is 8.71. The molecule has 2 amide bonds. The molecule has 0 fully saturated rings. The van der Waals surface area contributed by atoms with Crippen LogP contribution in [0.15, 0.2) is 17.5 Å². The Morgan fingerprint density at radius 2 is 2.31 bits per heavy atom. The molecular weight excluding hydrogens is 228 g/mol. The lowest BCUT2D eigenvalue weighted by molar-refractivity contribution is -0.131. The van der Waals surface area contributed by atoms with E-state index in [1.165, 1.54) is 22.3 Å². The molecule has 0 aliphatic rings. The van der Waals surface area contributed by atoms with Gasteiger partial charge in [0.1, 0.15) is 0 Å². The maximum absolute atomic E-state index is 10.8. The number of hydrogen-bond acceptors (Lipinski definition) is 3. The van der Waals surface area contributed by atoms with E-state index in [9.17, 15) is 9.59 Å². The van der Waals surface area contributed by atoms with E-state index in [4.69, 9.17) is 10.8 Å². The second kappa shape index (κ2) is 5.32. The largest absolute Gasteiger partial charge is 0.478 e. The minimum absolute atomic E-state index is 0.423. The molecule has 0 spiro atoms. The van der Waals surface area contributed by atoms with Crippen molar-refractivity contribution < 1.29 is 14.7 Å². The van der Waals surface area contributed by atoms with Crippen molar-refractivity contribution in [1.82, 2.24) is 4.90 Å². The van der Waals surface area contributed by atoms with Gasteiger partial charge in [-0.3, -0.25) is 0 Å². The van der Waals surface area contributed by atoms with Crippen LogP contribution in [0, 0.1) is 0 Å². The second-order valence-corrected chi connectivity index (χ2v) is 4.17. The number of carboxylic acids is 1. The first-order valence-corrected chi connectivity index (χ1v) is 5.36. The summed E-state index contributed by atoms with van der Waals surface area (Å²) in [6.07, 6.45) is 2.59. The Hall–Kier alpha value is -1.82. The Morgan fingerprint density at radius 1 is 1.62 bits per heavy atom. The van der Waals surface area contributed by atoms with Crippen molar-refractivity contribution in [3.63, 3.8) is 0 Å². The summed E-state index contributed by atoms with van der Waals surface area (Å²) in [5, 5.41) is 10.3. The Kier molecular flexibility index (Phi) is 4.07. The number of hydrogen-bond donors (Lipinski definition) is 2. The van der Waals surface area contributed by atoms with Crippen LogP contribution in [0.4, 0.5) is 4.79 Å². The van der Waals surface area contributed by atoms with Gasteiger partial charge in [0.15, 0.2) is 0 Å². The van der Waals surface area contributed by atoms with Crippen LogP contribution in [0.3, 0.4) is 0 Å². The maximum atomic E-state index is 10.8. The van der Waals surface area contributed by atoms with Crippen molar-refractivity contribution in [2.45, 2.75) is 6.54 Å². The van der Waals surface area contributed by atoms with Gasteiger partial charge in [0.25, 0.3) is 0 Å². The van der Waals surface area contributed by atoms with Crippen LogP contribution >= 0.6 is 11.3 Å². The number of nitrogens with zero attached hydrogens (tertiary/aromatic N) is 1. The molecule has 1 aromatic rings. The second-order valence-electron chi connectivity index (χ2n) is 3.22. The van der Waals surface area contributed by atoms with Crippen LogP contribution in [0.5, 0.6) is 0 Å². The molecule has 1 rings (SSSR count). The summed E-state index contributed by atoms with van der Waals surface area (Å²) < 4.78 is 0. The number of nitrogens with two attached hydrogens (primary N) is 1. The number of carbonyl (C=O) groups excluding carboxylic acids is 1. The summed E-state index contributed by atoms with van der Waals surface area (Å²) in [4.78, 5) is 23.3. The van der Waals surface area contributed by atoms with Gasteiger partial charge in [0.2, 0.25) is 0 Å². The van der Waals surface area contributed by atoms with Crippen molar-refractivity contribution in [2.75, 3.05) is 7.05 Å². The molecule has 0 saturated carbocycles. The number of aliphatic carboxylic acids is 1. The molecule has 86 valence electrons. The molecule has 0 unspecified atom stereocenters. The average molecular weight is 240 g/mol. The molecule has 0 aliphatic heterocycles. The van der Waals surface area contributed by atoms with Crippen molar-refractivity contribution in [3.8, 4) is 0 Å². The molecule has 1 aromatic heterocycles. The van der Waals surface area contributed by atoms with Gasteiger partial charge in [-0.15, -0.1) is 11.3 Å². The highest BCUT2D eigenvalue weighted by Gasteiger charge is 2.05. The zero-order valence-corrected chi connectivity index (χ0v) is 9.53. The number of carbonyl (C=O) groups is 2. The number of primary amides is 1. The van der Waals surface area contributed by atoms with E-state index < -0.39 is 12.0 Å². The lowest BCUT2D eigenvalue weighted by Crippen LogP contribution is -2.31. The number of thiophene rings is 1. The quantitative estimate of drug-likeness (QED) is 0.779. The number of urea groups is 1. The van der Waals surface area contributed by atoms with E-state index in [0.29, 0.717) is 6.54 Å². The molecule has 1 heterocycles. The summed E-state index contributed by atoms with van der Waals surface area (Å²) in [6, 6.07) is 1.33. The maximum Gasteiger partial charge on any atom is 0.328 e. The van der Waals surface area contributed by atoms with Crippen LogP contribution in [-0.2, 0) is 11.3 Å². The molecule has 0 saturated heterocycles. The summed E-state index contributed by atoms with van der Waals surface area (Å²) >= 11 is 1.42. The topological polar surface area (TPSA) is 83.6 Å². The highest BCUT2D eigenvalue weighted by atomic mass is 32.1. The molecule has 0 aromatic carbocycles. The SMILES string of the molecule is CN(Cc1csc(C=CC(=O)O)c1)C(N)=O. The van der Waals surface area contributed by atoms with Gasteiger partial charge in [-0.2, -0.15) is 0 Å². The first kappa shape index (κ1) is 12.3. The summed E-state index contributed by atoms with van der Waals surface area (Å²) in [6.45, 7) is 0.423. The van der Waals surface area contributed by atoms with Crippen LogP contribution in [-0.4, -0.2) is 29.1 Å². The van der Waals surface area contributed by atoms with Crippen molar-refractivity contribution in [2.24, 2.45) is 5.73 Å². The lowest BCUT2D eigenvalue weighted by atomic mass is 10.3. The Bertz CT molecular complexity index is 425. The van der Waals surface area contributed by atoms with Gasteiger partial charge in [0, 0.05) is 24.5 Å². The van der Waals surface area contributed by atoms with E-state index in [1.807, 2.05) is 11.4 Å². The van der Waals surface area contributed by atoms with Crippen LogP contribution < -0.4 is 5.73 Å². The smallest absolute Gasteiger partial charge is 0.328 e. The predicted molar refractivity (Wildman–Crippen MR) is 62.0 cm³/mol. The van der Waals surface area contributed by atoms with Crippen LogP contribution in [0.2, 0.25) is 0 Å². The fourth-order valence-corrected chi connectivity index (χ4v) is 1.87. The van der Waals surface area contributed by atoms with E-state index >= 15 is 0 Å². The molecule has 0 atom stereocenters. The molecule has 5 nitrogen and oxygen atoms in total. The van der Waals surface area contributed by atoms with Gasteiger partial charge in [0.05, 0.1) is 0 Å². The van der Waals surface area contributed by atoms with Gasteiger partial charge in [-0.05, 0) is 23.1 Å². The third kappa shape index (κ3) is 3.74. The van der Waals surface area contributed by atoms with Gasteiger partial charge in [-0.1, -0.05) is 0 Å². The molecule has 16 heavy (non-hydrogen) atoms. The van der Waals surface area contributed by atoms with Crippen LogP contribution in [0.1, 0.15) is 10.4 Å². The standard InChI is InChI=1S/C10H12N2O3S/c1-12(10(11)15)5-7-4-8(16-6-7)2-3-9(13)14/h2-4,6H,5H2,1H3,(H2,11,15)(H,13,14). The van der Waals surface area contributed by atoms with E-state index in [0.717, 1.165) is 16.5 Å². The zero-order chi connectivity index (χ0) is 12.1.